The van der Waals surface area contributed by atoms with Crippen molar-refractivity contribution in [3.8, 4) is 11.5 Å². The lowest BCUT2D eigenvalue weighted by Crippen LogP contribution is -2.28. The van der Waals surface area contributed by atoms with Gasteiger partial charge in [-0.15, -0.1) is 0 Å². The first-order chi connectivity index (χ1) is 14.6. The molecule has 11 heteroatoms. The number of methoxy groups -OCH3 is 2. The predicted molar refractivity (Wildman–Crippen MR) is 120 cm³/mol. The Morgan fingerprint density at radius 2 is 1.77 bits per heavy atom. The molecule has 2 aromatic carbocycles. The third-order valence-corrected chi connectivity index (χ3v) is 7.06. The summed E-state index contributed by atoms with van der Waals surface area (Å²) >= 11 is 0. The molecule has 2 aromatic rings. The zero-order valence-corrected chi connectivity index (χ0v) is 19.3. The van der Waals surface area contributed by atoms with Gasteiger partial charge in [0, 0.05) is 12.1 Å². The van der Waals surface area contributed by atoms with E-state index in [-0.39, 0.29) is 5.75 Å². The Kier molecular flexibility index (Phi) is 6.46. The van der Waals surface area contributed by atoms with Crippen LogP contribution in [0.25, 0.3) is 0 Å². The molecule has 0 saturated carbocycles. The van der Waals surface area contributed by atoms with Crippen molar-refractivity contribution in [3.05, 3.63) is 53.6 Å². The molecule has 0 fully saturated rings. The van der Waals surface area contributed by atoms with E-state index in [0.717, 1.165) is 10.7 Å². The van der Waals surface area contributed by atoms with Crippen LogP contribution in [0.5, 0.6) is 11.5 Å². The summed E-state index contributed by atoms with van der Waals surface area (Å²) in [5, 5.41) is 4.41. The average Bonchev–Trinajstić information content (AvgIpc) is 3.18. The summed E-state index contributed by atoms with van der Waals surface area (Å²) in [4.78, 5) is 0. The van der Waals surface area contributed by atoms with Gasteiger partial charge in [0.2, 0.25) is 20.0 Å². The molecule has 9 nitrogen and oxygen atoms in total. The van der Waals surface area contributed by atoms with Gasteiger partial charge >= 0.3 is 0 Å². The quantitative estimate of drug-likeness (QED) is 0.638. The van der Waals surface area contributed by atoms with E-state index in [1.165, 1.54) is 14.2 Å². The van der Waals surface area contributed by atoms with Crippen LogP contribution in [-0.4, -0.2) is 53.2 Å². The van der Waals surface area contributed by atoms with Crippen molar-refractivity contribution in [2.45, 2.75) is 19.4 Å². The molecule has 0 spiro atoms. The molecule has 0 aliphatic carbocycles. The number of nitrogens with one attached hydrogen (secondary N) is 1. The van der Waals surface area contributed by atoms with E-state index in [1.807, 2.05) is 0 Å². The molecule has 0 unspecified atom stereocenters. The molecule has 31 heavy (non-hydrogen) atoms. The summed E-state index contributed by atoms with van der Waals surface area (Å²) in [7, 11) is -4.05. The van der Waals surface area contributed by atoms with Gasteiger partial charge in [-0.1, -0.05) is 18.2 Å². The third-order valence-electron chi connectivity index (χ3n) is 4.81. The smallest absolute Gasteiger partial charge is 0.250 e. The minimum atomic E-state index is -3.65. The number of hydrazone groups is 1. The number of nitrogens with zero attached hydrogens (tertiary/aromatic N) is 2. The van der Waals surface area contributed by atoms with Crippen LogP contribution in [-0.2, 0) is 20.0 Å². The zero-order valence-electron chi connectivity index (χ0n) is 17.7. The second kappa shape index (κ2) is 8.75. The van der Waals surface area contributed by atoms with Gasteiger partial charge < -0.3 is 9.47 Å². The van der Waals surface area contributed by atoms with Crippen molar-refractivity contribution in [3.63, 3.8) is 0 Å². The minimum Gasteiger partial charge on any atom is -0.493 e. The van der Waals surface area contributed by atoms with Gasteiger partial charge in [0.15, 0.2) is 11.5 Å². The highest BCUT2D eigenvalue weighted by Crippen LogP contribution is 2.39. The number of hydrogen-bond donors (Lipinski definition) is 1. The maximum Gasteiger partial charge on any atom is 0.250 e. The van der Waals surface area contributed by atoms with Gasteiger partial charge in [-0.2, -0.15) is 9.52 Å². The van der Waals surface area contributed by atoms with Gasteiger partial charge in [-0.3, -0.25) is 4.72 Å². The van der Waals surface area contributed by atoms with Crippen LogP contribution in [0.2, 0.25) is 0 Å². The van der Waals surface area contributed by atoms with E-state index in [1.54, 1.807) is 49.4 Å². The number of rotatable bonds is 8. The Hall–Kier alpha value is -2.79. The summed E-state index contributed by atoms with van der Waals surface area (Å²) in [6.07, 6.45) is 1.38. The second-order valence-corrected chi connectivity index (χ2v) is 10.9. The van der Waals surface area contributed by atoms with E-state index >= 15 is 0 Å². The monoisotopic (exact) mass is 467 g/mol. The van der Waals surface area contributed by atoms with E-state index in [9.17, 15) is 16.8 Å². The largest absolute Gasteiger partial charge is 0.493 e. The molecular formula is C20H25N3O6S2. The first-order valence-electron chi connectivity index (χ1n) is 9.47. The molecule has 0 amide bonds. The van der Waals surface area contributed by atoms with Crippen LogP contribution < -0.4 is 14.2 Å². The van der Waals surface area contributed by atoms with Crippen molar-refractivity contribution in [2.24, 2.45) is 5.10 Å². The molecule has 1 heterocycles. The molecule has 0 saturated heterocycles. The molecule has 1 atom stereocenters. The summed E-state index contributed by atoms with van der Waals surface area (Å²) in [5.41, 5.74) is 2.25. The fourth-order valence-electron chi connectivity index (χ4n) is 3.34. The number of sulfonamides is 2. The number of anilines is 1. The fraction of sp³-hybridized carbons (Fsp3) is 0.350. The van der Waals surface area contributed by atoms with Crippen molar-refractivity contribution in [1.29, 1.82) is 0 Å². The van der Waals surface area contributed by atoms with Gasteiger partial charge in [-0.25, -0.2) is 16.8 Å². The zero-order chi connectivity index (χ0) is 22.8. The predicted octanol–water partition coefficient (Wildman–Crippen LogP) is 2.58. The van der Waals surface area contributed by atoms with Crippen LogP contribution in [0.15, 0.2) is 47.6 Å². The van der Waals surface area contributed by atoms with E-state index in [2.05, 4.69) is 9.82 Å². The van der Waals surface area contributed by atoms with Gasteiger partial charge in [-0.05, 0) is 42.3 Å². The van der Waals surface area contributed by atoms with Crippen LogP contribution >= 0.6 is 0 Å². The van der Waals surface area contributed by atoms with Gasteiger partial charge in [0.25, 0.3) is 0 Å². The standard InChI is InChI=1S/C20H25N3O6S2/c1-5-31(26,27)23-18(15-9-10-19(28-2)20(12-15)29-3)13-17(21-23)14-7-6-8-16(11-14)22-30(4,24)25/h6-12,18,22H,5,13H2,1-4H3/t18-/m0/s1. The van der Waals surface area contributed by atoms with Crippen LogP contribution in [0, 0.1) is 0 Å². The maximum absolute atomic E-state index is 12.8. The second-order valence-electron chi connectivity index (χ2n) is 7.01. The van der Waals surface area contributed by atoms with Crippen molar-refractivity contribution >= 4 is 31.4 Å². The molecular weight excluding hydrogens is 442 g/mol. The minimum absolute atomic E-state index is 0.108. The van der Waals surface area contributed by atoms with E-state index < -0.39 is 26.1 Å². The van der Waals surface area contributed by atoms with E-state index in [0.29, 0.717) is 40.4 Å². The summed E-state index contributed by atoms with van der Waals surface area (Å²) < 4.78 is 62.8. The Morgan fingerprint density at radius 3 is 2.39 bits per heavy atom. The van der Waals surface area contributed by atoms with Crippen LogP contribution in [0.4, 0.5) is 5.69 Å². The third kappa shape index (κ3) is 5.10. The SMILES string of the molecule is CCS(=O)(=O)N1N=C(c2cccc(NS(C)(=O)=O)c2)C[C@H]1c1ccc(OC)c(OC)c1. The Morgan fingerprint density at radius 1 is 1.06 bits per heavy atom. The average molecular weight is 468 g/mol. The van der Waals surface area contributed by atoms with E-state index in [4.69, 9.17) is 9.47 Å². The molecule has 0 bridgehead atoms. The highest BCUT2D eigenvalue weighted by atomic mass is 32.2. The fourth-order valence-corrected chi connectivity index (χ4v) is 4.96. The number of hydrogen-bond acceptors (Lipinski definition) is 7. The van der Waals surface area contributed by atoms with Crippen molar-refractivity contribution in [2.75, 3.05) is 31.0 Å². The van der Waals surface area contributed by atoms with Gasteiger partial charge in [0.1, 0.15) is 0 Å². The molecule has 1 aliphatic heterocycles. The topological polar surface area (TPSA) is 114 Å². The molecule has 1 N–H and O–H groups in total. The summed E-state index contributed by atoms with van der Waals surface area (Å²) in [5.74, 6) is 0.917. The number of ether oxygens (including phenoxy) is 2. The summed E-state index contributed by atoms with van der Waals surface area (Å²) in [6, 6.07) is 11.4. The first kappa shape index (κ1) is 22.9. The highest BCUT2D eigenvalue weighted by Gasteiger charge is 2.36. The van der Waals surface area contributed by atoms with Gasteiger partial charge in [0.05, 0.1) is 38.0 Å². The van der Waals surface area contributed by atoms with Crippen molar-refractivity contribution < 1.29 is 26.3 Å². The molecule has 0 aromatic heterocycles. The molecule has 1 aliphatic rings. The van der Waals surface area contributed by atoms with Crippen LogP contribution in [0.3, 0.4) is 0 Å². The first-order valence-corrected chi connectivity index (χ1v) is 13.0. The van der Waals surface area contributed by atoms with Crippen molar-refractivity contribution in [1.82, 2.24) is 4.41 Å². The lowest BCUT2D eigenvalue weighted by molar-refractivity contribution is 0.348. The molecule has 3 rings (SSSR count). The number of benzene rings is 2. The highest BCUT2D eigenvalue weighted by molar-refractivity contribution is 7.92. The van der Waals surface area contributed by atoms with Crippen LogP contribution in [0.1, 0.15) is 30.5 Å². The molecule has 0 radical (unpaired) electrons. The Labute approximate surface area is 182 Å². The normalized spacial score (nSPS) is 16.7. The summed E-state index contributed by atoms with van der Waals surface area (Å²) in [6.45, 7) is 1.56. The lowest BCUT2D eigenvalue weighted by atomic mass is 9.98. The molecule has 168 valence electrons. The lowest BCUT2D eigenvalue weighted by Gasteiger charge is -2.23. The maximum atomic E-state index is 12.8. The Balaban J connectivity index is 2.02. The Bertz CT molecular complexity index is 1210.